The van der Waals surface area contributed by atoms with Crippen molar-refractivity contribution >= 4 is 5.91 Å². The molecular weight excluding hydrogens is 236 g/mol. The molecule has 0 heterocycles. The van der Waals surface area contributed by atoms with E-state index in [-0.39, 0.29) is 5.91 Å². The number of amides is 1. The molecule has 2 saturated carbocycles. The fraction of sp³-hybridized carbons (Fsp3) is 0.938. The van der Waals surface area contributed by atoms with Crippen LogP contribution < -0.4 is 10.6 Å². The Kier molecular flexibility index (Phi) is 5.26. The predicted molar refractivity (Wildman–Crippen MR) is 79.1 cm³/mol. The van der Waals surface area contributed by atoms with Crippen molar-refractivity contribution in [2.75, 3.05) is 6.54 Å². The van der Waals surface area contributed by atoms with Crippen molar-refractivity contribution in [1.82, 2.24) is 10.6 Å². The van der Waals surface area contributed by atoms with Crippen molar-refractivity contribution in [2.45, 2.75) is 83.7 Å². The van der Waals surface area contributed by atoms with Crippen LogP contribution in [0.2, 0.25) is 0 Å². The summed E-state index contributed by atoms with van der Waals surface area (Å²) >= 11 is 0. The molecule has 2 fully saturated rings. The monoisotopic (exact) mass is 266 g/mol. The molecule has 0 aromatic rings. The van der Waals surface area contributed by atoms with Gasteiger partial charge in [0.25, 0.3) is 0 Å². The van der Waals surface area contributed by atoms with Gasteiger partial charge < -0.3 is 10.6 Å². The van der Waals surface area contributed by atoms with Crippen LogP contribution in [0.15, 0.2) is 0 Å². The Morgan fingerprint density at radius 2 is 1.63 bits per heavy atom. The van der Waals surface area contributed by atoms with Crippen LogP contribution in [0.4, 0.5) is 0 Å². The van der Waals surface area contributed by atoms with Crippen LogP contribution >= 0.6 is 0 Å². The normalized spacial score (nSPS) is 25.2. The highest BCUT2D eigenvalue weighted by Gasteiger charge is 2.26. The first-order valence-electron chi connectivity index (χ1n) is 8.08. The summed E-state index contributed by atoms with van der Waals surface area (Å²) in [6.07, 6.45) is 11.2. The molecule has 0 saturated heterocycles. The fourth-order valence-corrected chi connectivity index (χ4v) is 3.37. The van der Waals surface area contributed by atoms with Gasteiger partial charge in [-0.15, -0.1) is 0 Å². The van der Waals surface area contributed by atoms with Crippen molar-refractivity contribution < 1.29 is 4.79 Å². The molecule has 0 bridgehead atoms. The van der Waals surface area contributed by atoms with E-state index < -0.39 is 0 Å². The molecule has 3 nitrogen and oxygen atoms in total. The molecule has 3 heteroatoms. The second-order valence-corrected chi connectivity index (χ2v) is 7.22. The second kappa shape index (κ2) is 6.74. The average Bonchev–Trinajstić information content (AvgIpc) is 2.39. The van der Waals surface area contributed by atoms with E-state index in [4.69, 9.17) is 0 Å². The highest BCUT2D eigenvalue weighted by molar-refractivity contribution is 5.78. The van der Waals surface area contributed by atoms with E-state index in [9.17, 15) is 4.79 Å². The van der Waals surface area contributed by atoms with Crippen molar-refractivity contribution in [3.8, 4) is 0 Å². The highest BCUT2D eigenvalue weighted by Crippen LogP contribution is 2.34. The standard InChI is InChI=1S/C16H30N2O/c1-16(2)10-8-13(9-11-16)17-12-15(19)18-14-6-4-3-5-7-14/h13-14,17H,3-12H2,1-2H3,(H,18,19). The van der Waals surface area contributed by atoms with Crippen molar-refractivity contribution in [3.05, 3.63) is 0 Å². The Balaban J connectivity index is 1.61. The van der Waals surface area contributed by atoms with Crippen LogP contribution in [0.3, 0.4) is 0 Å². The molecule has 2 aliphatic rings. The highest BCUT2D eigenvalue weighted by atomic mass is 16.1. The summed E-state index contributed by atoms with van der Waals surface area (Å²) in [5.74, 6) is 0.191. The van der Waals surface area contributed by atoms with Crippen LogP contribution in [0, 0.1) is 5.41 Å². The summed E-state index contributed by atoms with van der Waals surface area (Å²) in [7, 11) is 0. The number of rotatable bonds is 4. The van der Waals surface area contributed by atoms with Crippen LogP contribution in [0.25, 0.3) is 0 Å². The zero-order chi connectivity index (χ0) is 13.7. The van der Waals surface area contributed by atoms with Gasteiger partial charge in [-0.25, -0.2) is 0 Å². The summed E-state index contributed by atoms with van der Waals surface area (Å²) in [6.45, 7) is 5.19. The molecule has 19 heavy (non-hydrogen) atoms. The Morgan fingerprint density at radius 3 is 2.26 bits per heavy atom. The third kappa shape index (κ3) is 5.13. The molecule has 2 aliphatic carbocycles. The van der Waals surface area contributed by atoms with Crippen molar-refractivity contribution in [2.24, 2.45) is 5.41 Å². The Labute approximate surface area is 117 Å². The van der Waals surface area contributed by atoms with Crippen molar-refractivity contribution in [1.29, 1.82) is 0 Å². The van der Waals surface area contributed by atoms with Crippen LogP contribution in [0.5, 0.6) is 0 Å². The van der Waals surface area contributed by atoms with Gasteiger partial charge in [0, 0.05) is 12.1 Å². The third-order valence-corrected chi connectivity index (χ3v) is 4.86. The maximum atomic E-state index is 11.9. The number of carbonyl (C=O) groups is 1. The lowest BCUT2D eigenvalue weighted by Gasteiger charge is -2.34. The van der Waals surface area contributed by atoms with Gasteiger partial charge >= 0.3 is 0 Å². The van der Waals surface area contributed by atoms with E-state index in [1.165, 1.54) is 57.8 Å². The van der Waals surface area contributed by atoms with E-state index in [1.54, 1.807) is 0 Å². The van der Waals surface area contributed by atoms with Crippen LogP contribution in [-0.2, 0) is 4.79 Å². The first-order chi connectivity index (χ1) is 9.05. The van der Waals surface area contributed by atoms with Crippen molar-refractivity contribution in [3.63, 3.8) is 0 Å². The zero-order valence-electron chi connectivity index (χ0n) is 12.6. The molecule has 0 radical (unpaired) electrons. The minimum atomic E-state index is 0.191. The van der Waals surface area contributed by atoms with Gasteiger partial charge in [0.1, 0.15) is 0 Å². The average molecular weight is 266 g/mol. The summed E-state index contributed by atoms with van der Waals surface area (Å²) in [6, 6.07) is 0.985. The molecule has 2 N–H and O–H groups in total. The molecule has 110 valence electrons. The lowest BCUT2D eigenvalue weighted by Crippen LogP contribution is -2.45. The summed E-state index contributed by atoms with van der Waals surface area (Å²) in [4.78, 5) is 11.9. The van der Waals surface area contributed by atoms with E-state index >= 15 is 0 Å². The molecule has 2 rings (SSSR count). The van der Waals surface area contributed by atoms with Gasteiger partial charge in [0.05, 0.1) is 6.54 Å². The second-order valence-electron chi connectivity index (χ2n) is 7.22. The SMILES string of the molecule is CC1(C)CCC(NCC(=O)NC2CCCCC2)CC1. The Bertz CT molecular complexity index is 285. The smallest absolute Gasteiger partial charge is 0.234 e. The number of carbonyl (C=O) groups excluding carboxylic acids is 1. The maximum Gasteiger partial charge on any atom is 0.234 e. The van der Waals surface area contributed by atoms with E-state index in [0.29, 0.717) is 24.0 Å². The predicted octanol–water partition coefficient (Wildman–Crippen LogP) is 2.99. The van der Waals surface area contributed by atoms with E-state index in [0.717, 1.165) is 0 Å². The van der Waals surface area contributed by atoms with Gasteiger partial charge in [0.2, 0.25) is 5.91 Å². The maximum absolute atomic E-state index is 11.9. The van der Waals surface area contributed by atoms with E-state index in [1.807, 2.05) is 0 Å². The lowest BCUT2D eigenvalue weighted by molar-refractivity contribution is -0.121. The zero-order valence-corrected chi connectivity index (χ0v) is 12.6. The topological polar surface area (TPSA) is 41.1 Å². The fourth-order valence-electron chi connectivity index (χ4n) is 3.37. The summed E-state index contributed by atoms with van der Waals surface area (Å²) < 4.78 is 0. The summed E-state index contributed by atoms with van der Waals surface area (Å²) in [5, 5.41) is 6.61. The van der Waals surface area contributed by atoms with Gasteiger partial charge in [-0.05, 0) is 43.9 Å². The quantitative estimate of drug-likeness (QED) is 0.821. The Hall–Kier alpha value is -0.570. The molecule has 0 aromatic heterocycles. The largest absolute Gasteiger partial charge is 0.352 e. The minimum Gasteiger partial charge on any atom is -0.352 e. The van der Waals surface area contributed by atoms with Gasteiger partial charge in [-0.3, -0.25) is 4.79 Å². The first kappa shape index (κ1) is 14.8. The van der Waals surface area contributed by atoms with Crippen LogP contribution in [-0.4, -0.2) is 24.5 Å². The number of nitrogens with one attached hydrogen (secondary N) is 2. The van der Waals surface area contributed by atoms with E-state index in [2.05, 4.69) is 24.5 Å². The molecule has 0 aromatic carbocycles. The first-order valence-corrected chi connectivity index (χ1v) is 8.08. The number of hydrogen-bond acceptors (Lipinski definition) is 2. The van der Waals surface area contributed by atoms with Gasteiger partial charge in [0.15, 0.2) is 0 Å². The van der Waals surface area contributed by atoms with Gasteiger partial charge in [-0.1, -0.05) is 33.1 Å². The molecular formula is C16H30N2O. The molecule has 0 atom stereocenters. The van der Waals surface area contributed by atoms with Gasteiger partial charge in [-0.2, -0.15) is 0 Å². The summed E-state index contributed by atoms with van der Waals surface area (Å²) in [5.41, 5.74) is 0.503. The number of hydrogen-bond donors (Lipinski definition) is 2. The third-order valence-electron chi connectivity index (χ3n) is 4.86. The molecule has 0 aliphatic heterocycles. The van der Waals surface area contributed by atoms with Crippen LogP contribution in [0.1, 0.15) is 71.6 Å². The minimum absolute atomic E-state index is 0.191. The molecule has 0 spiro atoms. The molecule has 1 amide bonds. The molecule has 0 unspecified atom stereocenters. The Morgan fingerprint density at radius 1 is 1.00 bits per heavy atom. The lowest BCUT2D eigenvalue weighted by atomic mass is 9.75.